The van der Waals surface area contributed by atoms with Crippen LogP contribution < -0.4 is 9.47 Å². The second-order valence-electron chi connectivity index (χ2n) is 5.58. The van der Waals surface area contributed by atoms with E-state index in [1.54, 1.807) is 20.4 Å². The number of pyridine rings is 1. The Morgan fingerprint density at radius 2 is 2.18 bits per heavy atom. The minimum Gasteiger partial charge on any atom is -0.493 e. The zero-order valence-electron chi connectivity index (χ0n) is 13.1. The van der Waals surface area contributed by atoms with E-state index in [-0.39, 0.29) is 0 Å². The molecule has 1 N–H and O–H groups in total. The third-order valence-corrected chi connectivity index (χ3v) is 4.21. The Hall–Kier alpha value is -2.08. The van der Waals surface area contributed by atoms with Gasteiger partial charge >= 0.3 is 0 Å². The quantitative estimate of drug-likeness (QED) is 0.917. The third kappa shape index (κ3) is 3.06. The highest BCUT2D eigenvalue weighted by molar-refractivity contribution is 5.42. The molecular weight excluding hydrogens is 280 g/mol. The number of aromatic nitrogens is 3. The SMILES string of the molecule is COc1ccnc(CN2CCC[C@@H](c3ccn[nH]3)C2)c1OC. The minimum absolute atomic E-state index is 0.507. The molecule has 0 radical (unpaired) electrons. The molecule has 0 aliphatic carbocycles. The number of H-pyrrole nitrogens is 1. The Labute approximate surface area is 130 Å². The lowest BCUT2D eigenvalue weighted by Crippen LogP contribution is -2.34. The summed E-state index contributed by atoms with van der Waals surface area (Å²) in [5.41, 5.74) is 2.14. The second kappa shape index (κ2) is 6.79. The van der Waals surface area contributed by atoms with Gasteiger partial charge in [-0.05, 0) is 25.5 Å². The smallest absolute Gasteiger partial charge is 0.183 e. The Kier molecular flexibility index (Phi) is 4.58. The summed E-state index contributed by atoms with van der Waals surface area (Å²) in [6, 6.07) is 3.89. The van der Waals surface area contributed by atoms with Crippen LogP contribution in [0.3, 0.4) is 0 Å². The maximum Gasteiger partial charge on any atom is 0.183 e. The second-order valence-corrected chi connectivity index (χ2v) is 5.58. The van der Waals surface area contributed by atoms with E-state index in [1.807, 2.05) is 12.3 Å². The zero-order chi connectivity index (χ0) is 15.4. The van der Waals surface area contributed by atoms with Crippen LogP contribution in [0.25, 0.3) is 0 Å². The van der Waals surface area contributed by atoms with Crippen molar-refractivity contribution in [3.63, 3.8) is 0 Å². The van der Waals surface area contributed by atoms with Gasteiger partial charge in [-0.25, -0.2) is 0 Å². The fourth-order valence-electron chi connectivity index (χ4n) is 3.12. The molecule has 0 spiro atoms. The largest absolute Gasteiger partial charge is 0.493 e. The van der Waals surface area contributed by atoms with E-state index in [2.05, 4.69) is 26.1 Å². The van der Waals surface area contributed by atoms with Gasteiger partial charge in [0, 0.05) is 43.2 Å². The highest BCUT2D eigenvalue weighted by Crippen LogP contribution is 2.32. The van der Waals surface area contributed by atoms with Crippen LogP contribution in [0, 0.1) is 0 Å². The molecular formula is C16H22N4O2. The van der Waals surface area contributed by atoms with Crippen molar-refractivity contribution in [2.75, 3.05) is 27.3 Å². The average molecular weight is 302 g/mol. The van der Waals surface area contributed by atoms with Crippen molar-refractivity contribution in [3.8, 4) is 11.5 Å². The van der Waals surface area contributed by atoms with Crippen molar-refractivity contribution < 1.29 is 9.47 Å². The van der Waals surface area contributed by atoms with Crippen LogP contribution in [0.4, 0.5) is 0 Å². The Balaban J connectivity index is 1.73. The predicted octanol–water partition coefficient (Wildman–Crippen LogP) is 2.20. The number of nitrogens with one attached hydrogen (secondary N) is 1. The van der Waals surface area contributed by atoms with Gasteiger partial charge in [0.15, 0.2) is 11.5 Å². The first-order valence-corrected chi connectivity index (χ1v) is 7.59. The number of methoxy groups -OCH3 is 2. The van der Waals surface area contributed by atoms with E-state index in [1.165, 1.54) is 18.5 Å². The number of likely N-dealkylation sites (tertiary alicyclic amines) is 1. The number of nitrogens with zero attached hydrogens (tertiary/aromatic N) is 3. The lowest BCUT2D eigenvalue weighted by Gasteiger charge is -2.32. The van der Waals surface area contributed by atoms with E-state index in [0.717, 1.165) is 36.8 Å². The van der Waals surface area contributed by atoms with Gasteiger partial charge in [0.1, 0.15) is 5.69 Å². The first kappa shape index (κ1) is 14.8. The van der Waals surface area contributed by atoms with Crippen molar-refractivity contribution in [2.24, 2.45) is 0 Å². The molecule has 1 aliphatic rings. The lowest BCUT2D eigenvalue weighted by molar-refractivity contribution is 0.193. The maximum atomic E-state index is 5.48. The zero-order valence-corrected chi connectivity index (χ0v) is 13.1. The van der Waals surface area contributed by atoms with E-state index in [0.29, 0.717) is 5.92 Å². The monoisotopic (exact) mass is 302 g/mol. The van der Waals surface area contributed by atoms with Crippen LogP contribution in [0.1, 0.15) is 30.1 Å². The molecule has 6 heteroatoms. The number of hydrogen-bond donors (Lipinski definition) is 1. The molecule has 0 bridgehead atoms. The average Bonchev–Trinajstić information content (AvgIpc) is 3.09. The molecule has 0 unspecified atom stereocenters. The van der Waals surface area contributed by atoms with E-state index in [4.69, 9.17) is 9.47 Å². The first-order chi connectivity index (χ1) is 10.8. The Morgan fingerprint density at radius 1 is 1.27 bits per heavy atom. The van der Waals surface area contributed by atoms with Gasteiger partial charge in [-0.2, -0.15) is 5.10 Å². The summed E-state index contributed by atoms with van der Waals surface area (Å²) in [6.45, 7) is 2.85. The number of aromatic amines is 1. The van der Waals surface area contributed by atoms with Gasteiger partial charge < -0.3 is 9.47 Å². The molecule has 0 amide bonds. The molecule has 2 aromatic heterocycles. The van der Waals surface area contributed by atoms with Crippen LogP contribution in [0.2, 0.25) is 0 Å². The summed E-state index contributed by atoms with van der Waals surface area (Å²) in [5, 5.41) is 7.16. The fraction of sp³-hybridized carbons (Fsp3) is 0.500. The number of hydrogen-bond acceptors (Lipinski definition) is 5. The molecule has 1 atom stereocenters. The van der Waals surface area contributed by atoms with Gasteiger partial charge in [-0.15, -0.1) is 0 Å². The van der Waals surface area contributed by atoms with Crippen LogP contribution in [0.5, 0.6) is 11.5 Å². The predicted molar refractivity (Wildman–Crippen MR) is 83.2 cm³/mol. The lowest BCUT2D eigenvalue weighted by atomic mass is 9.95. The molecule has 3 rings (SSSR count). The van der Waals surface area contributed by atoms with Gasteiger partial charge in [-0.1, -0.05) is 0 Å². The van der Waals surface area contributed by atoms with E-state index < -0.39 is 0 Å². The van der Waals surface area contributed by atoms with Gasteiger partial charge in [-0.3, -0.25) is 15.0 Å². The molecule has 3 heterocycles. The van der Waals surface area contributed by atoms with Gasteiger partial charge in [0.25, 0.3) is 0 Å². The van der Waals surface area contributed by atoms with Crippen LogP contribution in [0.15, 0.2) is 24.5 Å². The van der Waals surface area contributed by atoms with Gasteiger partial charge in [0.2, 0.25) is 0 Å². The summed E-state index contributed by atoms with van der Waals surface area (Å²) in [4.78, 5) is 6.89. The molecule has 118 valence electrons. The van der Waals surface area contributed by atoms with Crippen LogP contribution in [-0.4, -0.2) is 47.4 Å². The number of piperidine rings is 1. The normalized spacial score (nSPS) is 19.1. The Bertz CT molecular complexity index is 600. The standard InChI is InChI=1S/C16H22N4O2/c1-21-15-6-7-17-14(16(15)22-2)11-20-9-3-4-12(10-20)13-5-8-18-19-13/h5-8,12H,3-4,9-11H2,1-2H3,(H,18,19)/t12-/m1/s1. The van der Waals surface area contributed by atoms with Crippen molar-refractivity contribution in [3.05, 3.63) is 35.9 Å². The number of rotatable bonds is 5. The van der Waals surface area contributed by atoms with Crippen LogP contribution >= 0.6 is 0 Å². The minimum atomic E-state index is 0.507. The van der Waals surface area contributed by atoms with Gasteiger partial charge in [0.05, 0.1) is 14.2 Å². The summed E-state index contributed by atoms with van der Waals surface area (Å²) < 4.78 is 10.8. The molecule has 1 aliphatic heterocycles. The van der Waals surface area contributed by atoms with E-state index >= 15 is 0 Å². The molecule has 0 aromatic carbocycles. The van der Waals surface area contributed by atoms with Crippen molar-refractivity contribution in [1.29, 1.82) is 0 Å². The van der Waals surface area contributed by atoms with Crippen LogP contribution in [-0.2, 0) is 6.54 Å². The maximum absolute atomic E-state index is 5.48. The molecule has 0 saturated carbocycles. The molecule has 1 saturated heterocycles. The van der Waals surface area contributed by atoms with E-state index in [9.17, 15) is 0 Å². The molecule has 2 aromatic rings. The van der Waals surface area contributed by atoms with Crippen molar-refractivity contribution in [1.82, 2.24) is 20.1 Å². The first-order valence-electron chi connectivity index (χ1n) is 7.59. The fourth-order valence-corrected chi connectivity index (χ4v) is 3.12. The van der Waals surface area contributed by atoms with Crippen molar-refractivity contribution >= 4 is 0 Å². The highest BCUT2D eigenvalue weighted by Gasteiger charge is 2.24. The molecule has 6 nitrogen and oxygen atoms in total. The topological polar surface area (TPSA) is 63.3 Å². The third-order valence-electron chi connectivity index (χ3n) is 4.21. The molecule has 1 fully saturated rings. The highest BCUT2D eigenvalue weighted by atomic mass is 16.5. The summed E-state index contributed by atoms with van der Waals surface area (Å²) in [7, 11) is 3.31. The summed E-state index contributed by atoms with van der Waals surface area (Å²) in [6.07, 6.45) is 5.96. The molecule has 22 heavy (non-hydrogen) atoms. The Morgan fingerprint density at radius 3 is 2.91 bits per heavy atom. The van der Waals surface area contributed by atoms with Crippen molar-refractivity contribution in [2.45, 2.75) is 25.3 Å². The number of ether oxygens (including phenoxy) is 2. The summed E-state index contributed by atoms with van der Waals surface area (Å²) >= 11 is 0. The summed E-state index contributed by atoms with van der Waals surface area (Å²) in [5.74, 6) is 1.97.